The van der Waals surface area contributed by atoms with E-state index in [1.165, 1.54) is 7.11 Å². The van der Waals surface area contributed by atoms with E-state index in [1.54, 1.807) is 12.1 Å². The molecule has 3 N–H and O–H groups in total. The van der Waals surface area contributed by atoms with Crippen LogP contribution >= 0.6 is 0 Å². The van der Waals surface area contributed by atoms with Crippen LogP contribution in [0.4, 0.5) is 34.0 Å². The molecule has 37 heavy (non-hydrogen) atoms. The van der Waals surface area contributed by atoms with Crippen LogP contribution in [0.3, 0.4) is 0 Å². The second-order valence-electron chi connectivity index (χ2n) is 10.2. The number of halogens is 4. The minimum Gasteiger partial charge on any atom is -0.443 e. The molecule has 4 fully saturated rings. The molecule has 4 saturated carbocycles. The Balaban J connectivity index is 1.16. The predicted octanol–water partition coefficient (Wildman–Crippen LogP) is 4.22. The normalized spacial score (nSPS) is 28.6. The molecular weight excluding hydrogens is 498 g/mol. The molecule has 3 aromatic heterocycles. The van der Waals surface area contributed by atoms with E-state index in [0.717, 1.165) is 30.0 Å². The zero-order valence-electron chi connectivity index (χ0n) is 19.8. The van der Waals surface area contributed by atoms with Crippen molar-refractivity contribution in [3.05, 3.63) is 35.4 Å². The number of hydrogen-bond donors (Lipinski definition) is 3. The number of rotatable bonds is 7. The Hall–Kier alpha value is -3.42. The molecular formula is C23H25F4N7O3. The molecule has 7 rings (SSSR count). The minimum absolute atomic E-state index is 0.0935. The highest BCUT2D eigenvalue weighted by molar-refractivity contribution is 5.73. The number of hydrogen-bond acceptors (Lipinski definition) is 7. The summed E-state index contributed by atoms with van der Waals surface area (Å²) in [5.41, 5.74) is 0.0280. The number of carbonyl (C=O) groups excluding carboxylic acids is 1. The van der Waals surface area contributed by atoms with Gasteiger partial charge in [0.05, 0.1) is 18.5 Å². The first kappa shape index (κ1) is 23.9. The van der Waals surface area contributed by atoms with E-state index < -0.39 is 30.2 Å². The minimum atomic E-state index is -4.69. The summed E-state index contributed by atoms with van der Waals surface area (Å²) in [6.45, 7) is 0.115. The second kappa shape index (κ2) is 8.57. The molecule has 10 nitrogen and oxygen atoms in total. The Kier molecular flexibility index (Phi) is 5.55. The van der Waals surface area contributed by atoms with Crippen molar-refractivity contribution in [2.75, 3.05) is 12.4 Å². The molecule has 1 amide bonds. The summed E-state index contributed by atoms with van der Waals surface area (Å²) in [4.78, 5) is 16.0. The average Bonchev–Trinajstić information content (AvgIpc) is 3.48. The predicted molar refractivity (Wildman–Crippen MR) is 121 cm³/mol. The maximum absolute atomic E-state index is 14.7. The Morgan fingerprint density at radius 3 is 2.73 bits per heavy atom. The standard InChI is InChI=1S/C23H25F4N7O3/c1-36-10-13-4-16-20(28-18(23(25,26)27)9-34(16)33-13)29-19-5-15(31-32-19)12-2-14(24)17(3-12)37-21(35)30-22-6-11(7-22)8-22/h4-5,9,11-12,14,17H,2-3,6-8,10H2,1H3,(H,30,35)(H2,28,29,31,32)/t11?,12-,14+,17-,22?/m0/s1. The van der Waals surface area contributed by atoms with Crippen molar-refractivity contribution in [1.29, 1.82) is 0 Å². The zero-order chi connectivity index (χ0) is 25.9. The van der Waals surface area contributed by atoms with Crippen molar-refractivity contribution in [2.45, 2.75) is 68.6 Å². The lowest BCUT2D eigenvalue weighted by atomic mass is 9.50. The third kappa shape index (κ3) is 4.47. The van der Waals surface area contributed by atoms with Gasteiger partial charge in [-0.3, -0.25) is 5.10 Å². The van der Waals surface area contributed by atoms with Gasteiger partial charge in [0.15, 0.2) is 17.3 Å². The van der Waals surface area contributed by atoms with Gasteiger partial charge in [0.1, 0.15) is 17.8 Å². The Bertz CT molecular complexity index is 1320. The van der Waals surface area contributed by atoms with E-state index in [-0.39, 0.29) is 42.5 Å². The first-order chi connectivity index (χ1) is 17.6. The molecule has 14 heteroatoms. The molecule has 3 aromatic rings. The Morgan fingerprint density at radius 1 is 1.27 bits per heavy atom. The van der Waals surface area contributed by atoms with Crippen molar-refractivity contribution in [1.82, 2.24) is 30.1 Å². The summed E-state index contributed by atoms with van der Waals surface area (Å²) in [5, 5.41) is 16.7. The maximum atomic E-state index is 14.7. The van der Waals surface area contributed by atoms with Crippen molar-refractivity contribution in [3.8, 4) is 0 Å². The van der Waals surface area contributed by atoms with Gasteiger partial charge in [0.25, 0.3) is 0 Å². The highest BCUT2D eigenvalue weighted by Gasteiger charge is 2.58. The molecule has 0 aliphatic heterocycles. The van der Waals surface area contributed by atoms with Crippen LogP contribution in [0.1, 0.15) is 55.1 Å². The summed E-state index contributed by atoms with van der Waals surface area (Å²) in [5.74, 6) is 0.504. The van der Waals surface area contributed by atoms with Gasteiger partial charge in [-0.05, 0) is 44.1 Å². The monoisotopic (exact) mass is 523 g/mol. The van der Waals surface area contributed by atoms with Gasteiger partial charge in [-0.25, -0.2) is 18.7 Å². The first-order valence-electron chi connectivity index (χ1n) is 12.0. The molecule has 0 radical (unpaired) electrons. The molecule has 2 bridgehead atoms. The van der Waals surface area contributed by atoms with E-state index in [4.69, 9.17) is 9.47 Å². The number of amides is 1. The van der Waals surface area contributed by atoms with Crippen molar-refractivity contribution in [3.63, 3.8) is 0 Å². The molecule has 0 saturated heterocycles. The largest absolute Gasteiger partial charge is 0.443 e. The third-order valence-electron chi connectivity index (χ3n) is 7.47. The smallest absolute Gasteiger partial charge is 0.434 e. The number of carbonyl (C=O) groups is 1. The van der Waals surface area contributed by atoms with Gasteiger partial charge in [-0.1, -0.05) is 0 Å². The highest BCUT2D eigenvalue weighted by atomic mass is 19.4. The van der Waals surface area contributed by atoms with E-state index in [1.807, 2.05) is 0 Å². The van der Waals surface area contributed by atoms with Crippen molar-refractivity contribution in [2.24, 2.45) is 5.92 Å². The number of aromatic amines is 1. The molecule has 4 aliphatic rings. The SMILES string of the molecule is COCc1cc2c(Nc3cc([C@H]4C[C@@H](F)[C@@H](OC(=O)NC56CC(C5)C6)C4)[nH]n3)nc(C(F)(F)F)cn2n1. The van der Waals surface area contributed by atoms with Crippen LogP contribution in [0.2, 0.25) is 0 Å². The Labute approximate surface area is 208 Å². The lowest BCUT2D eigenvalue weighted by Gasteiger charge is -2.61. The van der Waals surface area contributed by atoms with Crippen LogP contribution in [0, 0.1) is 5.92 Å². The molecule has 0 unspecified atom stereocenters. The first-order valence-corrected chi connectivity index (χ1v) is 12.0. The number of H-pyrrole nitrogens is 1. The number of anilines is 2. The molecule has 3 heterocycles. The van der Waals surface area contributed by atoms with Gasteiger partial charge >= 0.3 is 12.3 Å². The fourth-order valence-electron chi connectivity index (χ4n) is 5.56. The zero-order valence-corrected chi connectivity index (χ0v) is 19.8. The summed E-state index contributed by atoms with van der Waals surface area (Å²) in [6, 6.07) is 3.16. The number of ether oxygens (including phenoxy) is 2. The lowest BCUT2D eigenvalue weighted by Crippen LogP contribution is -2.68. The summed E-state index contributed by atoms with van der Waals surface area (Å²) >= 11 is 0. The summed E-state index contributed by atoms with van der Waals surface area (Å²) < 4.78 is 66.4. The van der Waals surface area contributed by atoms with Crippen LogP contribution < -0.4 is 10.6 Å². The number of alkyl halides is 4. The quantitative estimate of drug-likeness (QED) is 0.397. The van der Waals surface area contributed by atoms with Crippen molar-refractivity contribution < 1.29 is 31.8 Å². The lowest BCUT2D eigenvalue weighted by molar-refractivity contribution is -0.141. The number of nitrogens with zero attached hydrogens (tertiary/aromatic N) is 4. The van der Waals surface area contributed by atoms with Gasteiger partial charge in [-0.15, -0.1) is 0 Å². The number of nitrogens with one attached hydrogen (secondary N) is 3. The molecule has 0 spiro atoms. The number of alkyl carbamates (subject to hydrolysis) is 1. The van der Waals surface area contributed by atoms with Gasteiger partial charge < -0.3 is 20.1 Å². The number of aromatic nitrogens is 5. The fourth-order valence-corrected chi connectivity index (χ4v) is 5.56. The molecule has 3 atom stereocenters. The highest BCUT2D eigenvalue weighted by Crippen LogP contribution is 2.57. The van der Waals surface area contributed by atoms with Crippen molar-refractivity contribution >= 4 is 23.2 Å². The average molecular weight is 523 g/mol. The van der Waals surface area contributed by atoms with Gasteiger partial charge in [0, 0.05) is 30.3 Å². The summed E-state index contributed by atoms with van der Waals surface area (Å²) in [6.07, 6.45) is -3.43. The third-order valence-corrected chi connectivity index (χ3v) is 7.47. The summed E-state index contributed by atoms with van der Waals surface area (Å²) in [7, 11) is 1.46. The second-order valence-corrected chi connectivity index (χ2v) is 10.2. The van der Waals surface area contributed by atoms with Gasteiger partial charge in [0.2, 0.25) is 0 Å². The van der Waals surface area contributed by atoms with E-state index in [9.17, 15) is 22.4 Å². The number of methoxy groups -OCH3 is 1. The van der Waals surface area contributed by atoms with E-state index in [2.05, 4.69) is 30.9 Å². The van der Waals surface area contributed by atoms with E-state index >= 15 is 0 Å². The van der Waals surface area contributed by atoms with Crippen LogP contribution in [-0.4, -0.2) is 55.8 Å². The van der Waals surface area contributed by atoms with Gasteiger partial charge in [-0.2, -0.15) is 23.4 Å². The maximum Gasteiger partial charge on any atom is 0.434 e. The molecule has 198 valence electrons. The van der Waals surface area contributed by atoms with Crippen LogP contribution in [0.25, 0.3) is 5.52 Å². The molecule has 0 aromatic carbocycles. The number of fused-ring (bicyclic) bond motifs is 1. The fraction of sp³-hybridized carbons (Fsp3) is 0.565. The molecule has 4 aliphatic carbocycles. The van der Waals surface area contributed by atoms with E-state index in [0.29, 0.717) is 22.8 Å². The topological polar surface area (TPSA) is 118 Å². The van der Waals surface area contributed by atoms with Crippen LogP contribution in [0.5, 0.6) is 0 Å². The van der Waals surface area contributed by atoms with Crippen LogP contribution in [0.15, 0.2) is 18.3 Å². The Morgan fingerprint density at radius 2 is 2.05 bits per heavy atom. The van der Waals surface area contributed by atoms with Crippen LogP contribution in [-0.2, 0) is 22.3 Å².